The van der Waals surface area contributed by atoms with Crippen LogP contribution in [-0.4, -0.2) is 10.8 Å². The average molecular weight is 291 g/mol. The molecule has 0 amide bonds. The Hall–Kier alpha value is -1.21. The third kappa shape index (κ3) is 2.46. The third-order valence-corrected chi connectivity index (χ3v) is 4.30. The van der Waals surface area contributed by atoms with Crippen LogP contribution >= 0.6 is 22.7 Å². The summed E-state index contributed by atoms with van der Waals surface area (Å²) in [6.07, 6.45) is -2.82. The molecule has 0 aliphatic rings. The number of aryl methyl sites for hydroxylation is 1. The second-order valence-electron chi connectivity index (χ2n) is 3.49. The minimum absolute atomic E-state index is 0.0273. The number of alkyl halides is 3. The van der Waals surface area contributed by atoms with Gasteiger partial charge in [0, 0.05) is 6.20 Å². The van der Waals surface area contributed by atoms with Crippen molar-refractivity contribution >= 4 is 28.5 Å². The number of halogens is 3. The van der Waals surface area contributed by atoms with Gasteiger partial charge in [0.2, 0.25) is 5.78 Å². The topological polar surface area (TPSA) is 30.0 Å². The molecule has 2 heterocycles. The molecule has 2 aromatic rings. The van der Waals surface area contributed by atoms with Gasteiger partial charge in [0.15, 0.2) is 5.01 Å². The molecule has 0 aromatic carbocycles. The van der Waals surface area contributed by atoms with Crippen molar-refractivity contribution < 1.29 is 18.0 Å². The highest BCUT2D eigenvalue weighted by molar-refractivity contribution is 7.16. The largest absolute Gasteiger partial charge is 0.443 e. The quantitative estimate of drug-likeness (QED) is 0.800. The van der Waals surface area contributed by atoms with Crippen LogP contribution in [0.2, 0.25) is 0 Å². The van der Waals surface area contributed by atoms with Crippen molar-refractivity contribution in [3.63, 3.8) is 0 Å². The maximum atomic E-state index is 12.4. The predicted molar refractivity (Wildman–Crippen MR) is 64.2 cm³/mol. The van der Waals surface area contributed by atoms with E-state index >= 15 is 0 Å². The van der Waals surface area contributed by atoms with Crippen LogP contribution in [0.25, 0.3) is 0 Å². The van der Waals surface area contributed by atoms with E-state index in [0.29, 0.717) is 22.6 Å². The van der Waals surface area contributed by atoms with Gasteiger partial charge in [0.1, 0.15) is 0 Å². The Morgan fingerprint density at radius 3 is 2.72 bits per heavy atom. The summed E-state index contributed by atoms with van der Waals surface area (Å²) in [4.78, 5) is 15.8. The lowest BCUT2D eigenvalue weighted by molar-refractivity contribution is -0.137. The Kier molecular flexibility index (Phi) is 3.54. The summed E-state index contributed by atoms with van der Waals surface area (Å²) in [6, 6.07) is 1.81. The Balaban J connectivity index is 2.33. The first kappa shape index (κ1) is 13.2. The van der Waals surface area contributed by atoms with Crippen molar-refractivity contribution in [2.75, 3.05) is 0 Å². The molecule has 0 aliphatic heterocycles. The summed E-state index contributed by atoms with van der Waals surface area (Å²) in [5, 5.41) is 0.776. The molecule has 0 fully saturated rings. The molecule has 96 valence electrons. The SMILES string of the molecule is CCc1ccsc1C(=O)c1cnc(C(F)(F)F)s1. The third-order valence-electron chi connectivity index (χ3n) is 2.31. The second kappa shape index (κ2) is 4.81. The van der Waals surface area contributed by atoms with E-state index in [9.17, 15) is 18.0 Å². The van der Waals surface area contributed by atoms with Crippen LogP contribution in [0.1, 0.15) is 32.0 Å². The van der Waals surface area contributed by atoms with E-state index in [4.69, 9.17) is 0 Å². The van der Waals surface area contributed by atoms with Gasteiger partial charge in [0.05, 0.1) is 9.75 Å². The molecular weight excluding hydrogens is 283 g/mol. The maximum Gasteiger partial charge on any atom is 0.443 e. The molecule has 2 rings (SSSR count). The number of aromatic nitrogens is 1. The van der Waals surface area contributed by atoms with Crippen LogP contribution in [0.5, 0.6) is 0 Å². The average Bonchev–Trinajstić information content (AvgIpc) is 2.96. The predicted octanol–water partition coefficient (Wildman–Crippen LogP) is 4.02. The van der Waals surface area contributed by atoms with Crippen LogP contribution in [0, 0.1) is 0 Å². The zero-order valence-corrected chi connectivity index (χ0v) is 10.9. The highest BCUT2D eigenvalue weighted by atomic mass is 32.1. The van der Waals surface area contributed by atoms with Crippen LogP contribution in [0.3, 0.4) is 0 Å². The van der Waals surface area contributed by atoms with Gasteiger partial charge in [-0.15, -0.1) is 22.7 Å². The summed E-state index contributed by atoms with van der Waals surface area (Å²) in [7, 11) is 0. The molecule has 0 radical (unpaired) electrons. The minimum Gasteiger partial charge on any atom is -0.287 e. The lowest BCUT2D eigenvalue weighted by Crippen LogP contribution is -2.03. The molecule has 0 bridgehead atoms. The zero-order chi connectivity index (χ0) is 13.3. The molecule has 0 aliphatic carbocycles. The highest BCUT2D eigenvalue weighted by Crippen LogP contribution is 2.33. The smallest absolute Gasteiger partial charge is 0.287 e. The summed E-state index contributed by atoms with van der Waals surface area (Å²) in [5.74, 6) is -0.380. The first-order chi connectivity index (χ1) is 8.43. The molecule has 7 heteroatoms. The number of ketones is 1. The van der Waals surface area contributed by atoms with Crippen molar-refractivity contribution in [2.24, 2.45) is 0 Å². The Bertz CT molecular complexity index is 571. The van der Waals surface area contributed by atoms with Gasteiger partial charge in [-0.2, -0.15) is 13.2 Å². The van der Waals surface area contributed by atoms with Crippen LogP contribution < -0.4 is 0 Å². The summed E-state index contributed by atoms with van der Waals surface area (Å²) < 4.78 is 37.2. The zero-order valence-electron chi connectivity index (χ0n) is 9.25. The van der Waals surface area contributed by atoms with E-state index in [2.05, 4.69) is 4.98 Å². The Labute approximate surface area is 109 Å². The molecule has 0 N–H and O–H groups in total. The number of rotatable bonds is 3. The normalized spacial score (nSPS) is 11.8. The minimum atomic E-state index is -4.49. The molecule has 0 atom stereocenters. The fourth-order valence-electron chi connectivity index (χ4n) is 1.44. The molecule has 0 saturated carbocycles. The van der Waals surface area contributed by atoms with Crippen LogP contribution in [0.15, 0.2) is 17.6 Å². The van der Waals surface area contributed by atoms with Crippen molar-refractivity contribution in [3.8, 4) is 0 Å². The van der Waals surface area contributed by atoms with Gasteiger partial charge >= 0.3 is 6.18 Å². The van der Waals surface area contributed by atoms with Gasteiger partial charge in [-0.1, -0.05) is 6.92 Å². The van der Waals surface area contributed by atoms with Crippen LogP contribution in [0.4, 0.5) is 13.2 Å². The number of thiazole rings is 1. The molecular formula is C11H8F3NOS2. The summed E-state index contributed by atoms with van der Waals surface area (Å²) in [5.41, 5.74) is 0.854. The summed E-state index contributed by atoms with van der Waals surface area (Å²) in [6.45, 7) is 1.90. The lowest BCUT2D eigenvalue weighted by atomic mass is 10.1. The van der Waals surface area contributed by atoms with Gasteiger partial charge in [0.25, 0.3) is 0 Å². The molecule has 0 spiro atoms. The number of hydrogen-bond acceptors (Lipinski definition) is 4. The number of carbonyl (C=O) groups excluding carboxylic acids is 1. The fourth-order valence-corrected chi connectivity index (χ4v) is 3.18. The Morgan fingerprint density at radius 1 is 1.44 bits per heavy atom. The highest BCUT2D eigenvalue weighted by Gasteiger charge is 2.35. The molecule has 18 heavy (non-hydrogen) atoms. The maximum absolute atomic E-state index is 12.4. The first-order valence-electron chi connectivity index (χ1n) is 5.07. The van der Waals surface area contributed by atoms with Gasteiger partial charge < -0.3 is 0 Å². The van der Waals surface area contributed by atoms with Crippen molar-refractivity contribution in [1.29, 1.82) is 0 Å². The van der Waals surface area contributed by atoms with Crippen molar-refractivity contribution in [2.45, 2.75) is 19.5 Å². The number of hydrogen-bond donors (Lipinski definition) is 0. The molecule has 2 aromatic heterocycles. The van der Waals surface area contributed by atoms with E-state index in [1.807, 2.05) is 13.0 Å². The standard InChI is InChI=1S/C11H8F3NOS2/c1-2-6-3-4-17-9(6)8(16)7-5-15-10(18-7)11(12,13)14/h3-5H,2H2,1H3. The number of nitrogens with zero attached hydrogens (tertiary/aromatic N) is 1. The Morgan fingerprint density at radius 2 is 2.17 bits per heavy atom. The molecule has 0 unspecified atom stereocenters. The van der Waals surface area contributed by atoms with E-state index < -0.39 is 11.2 Å². The van der Waals surface area contributed by atoms with Gasteiger partial charge in [-0.25, -0.2) is 4.98 Å². The van der Waals surface area contributed by atoms with Gasteiger partial charge in [-0.05, 0) is 23.4 Å². The lowest BCUT2D eigenvalue weighted by Gasteiger charge is -1.99. The second-order valence-corrected chi connectivity index (χ2v) is 5.43. The molecule has 0 saturated heterocycles. The van der Waals surface area contributed by atoms with E-state index in [1.165, 1.54) is 11.3 Å². The van der Waals surface area contributed by atoms with Crippen molar-refractivity contribution in [1.82, 2.24) is 4.98 Å². The van der Waals surface area contributed by atoms with E-state index in [-0.39, 0.29) is 10.7 Å². The van der Waals surface area contributed by atoms with Crippen LogP contribution in [-0.2, 0) is 12.6 Å². The monoisotopic (exact) mass is 291 g/mol. The summed E-state index contributed by atoms with van der Waals surface area (Å²) >= 11 is 1.63. The molecule has 2 nitrogen and oxygen atoms in total. The number of carbonyl (C=O) groups is 1. The fraction of sp³-hybridized carbons (Fsp3) is 0.273. The number of thiophene rings is 1. The first-order valence-corrected chi connectivity index (χ1v) is 6.77. The van der Waals surface area contributed by atoms with E-state index in [0.717, 1.165) is 11.8 Å². The van der Waals surface area contributed by atoms with Crippen molar-refractivity contribution in [3.05, 3.63) is 38.0 Å². The van der Waals surface area contributed by atoms with E-state index in [1.54, 1.807) is 5.38 Å². The van der Waals surface area contributed by atoms with Gasteiger partial charge in [-0.3, -0.25) is 4.79 Å².